The van der Waals surface area contributed by atoms with Gasteiger partial charge in [0.05, 0.1) is 24.8 Å². The second-order valence-electron chi connectivity index (χ2n) is 4.43. The van der Waals surface area contributed by atoms with Crippen molar-refractivity contribution in [1.29, 1.82) is 0 Å². The topological polar surface area (TPSA) is 39.1 Å². The predicted molar refractivity (Wildman–Crippen MR) is 58.6 cm³/mol. The highest BCUT2D eigenvalue weighted by molar-refractivity contribution is 5.04. The van der Waals surface area contributed by atoms with E-state index in [0.29, 0.717) is 5.92 Å². The molecule has 0 radical (unpaired) electrons. The van der Waals surface area contributed by atoms with Crippen molar-refractivity contribution in [3.63, 3.8) is 0 Å². The van der Waals surface area contributed by atoms with Crippen molar-refractivity contribution in [2.75, 3.05) is 19.7 Å². The van der Waals surface area contributed by atoms with Crippen molar-refractivity contribution in [3.05, 3.63) is 18.2 Å². The van der Waals surface area contributed by atoms with Gasteiger partial charge in [0.15, 0.2) is 0 Å². The minimum atomic E-state index is 0.167. The van der Waals surface area contributed by atoms with E-state index >= 15 is 0 Å². The first kappa shape index (κ1) is 10.6. The SMILES string of the molecule is CC(C)Cn1cncc1C1CNCCO1. The highest BCUT2D eigenvalue weighted by atomic mass is 16.5. The largest absolute Gasteiger partial charge is 0.369 e. The molecule has 1 N–H and O–H groups in total. The van der Waals surface area contributed by atoms with E-state index in [0.717, 1.165) is 26.2 Å². The summed E-state index contributed by atoms with van der Waals surface area (Å²) in [6.07, 6.45) is 3.98. The Hall–Kier alpha value is -0.870. The summed E-state index contributed by atoms with van der Waals surface area (Å²) >= 11 is 0. The molecule has 1 aliphatic rings. The highest BCUT2D eigenvalue weighted by Crippen LogP contribution is 2.19. The van der Waals surface area contributed by atoms with Gasteiger partial charge in [0.2, 0.25) is 0 Å². The molecule has 0 aromatic carbocycles. The van der Waals surface area contributed by atoms with Crippen molar-refractivity contribution in [2.45, 2.75) is 26.5 Å². The normalized spacial score (nSPS) is 22.2. The van der Waals surface area contributed by atoms with Crippen molar-refractivity contribution in [2.24, 2.45) is 5.92 Å². The number of ether oxygens (including phenoxy) is 1. The molecule has 2 rings (SSSR count). The predicted octanol–water partition coefficient (Wildman–Crippen LogP) is 1.20. The zero-order valence-electron chi connectivity index (χ0n) is 9.44. The molecule has 0 bridgehead atoms. The van der Waals surface area contributed by atoms with Crippen LogP contribution in [0.15, 0.2) is 12.5 Å². The van der Waals surface area contributed by atoms with E-state index in [-0.39, 0.29) is 6.10 Å². The number of hydrogen-bond donors (Lipinski definition) is 1. The molecular formula is C11H19N3O. The molecule has 0 amide bonds. The van der Waals surface area contributed by atoms with Crippen LogP contribution in [-0.2, 0) is 11.3 Å². The van der Waals surface area contributed by atoms with Gasteiger partial charge in [0.1, 0.15) is 6.10 Å². The Kier molecular flexibility index (Phi) is 3.38. The van der Waals surface area contributed by atoms with Crippen LogP contribution in [0.4, 0.5) is 0 Å². The van der Waals surface area contributed by atoms with E-state index < -0.39 is 0 Å². The maximum absolute atomic E-state index is 5.72. The van der Waals surface area contributed by atoms with Gasteiger partial charge in [-0.1, -0.05) is 13.8 Å². The first-order chi connectivity index (χ1) is 7.27. The molecule has 4 nitrogen and oxygen atoms in total. The average Bonchev–Trinajstić information content (AvgIpc) is 2.66. The molecular weight excluding hydrogens is 190 g/mol. The number of imidazole rings is 1. The van der Waals surface area contributed by atoms with Crippen molar-refractivity contribution in [1.82, 2.24) is 14.9 Å². The van der Waals surface area contributed by atoms with E-state index in [1.165, 1.54) is 5.69 Å². The van der Waals surface area contributed by atoms with Crippen LogP contribution in [0.5, 0.6) is 0 Å². The summed E-state index contributed by atoms with van der Waals surface area (Å²) in [7, 11) is 0. The molecule has 1 aromatic rings. The number of aromatic nitrogens is 2. The maximum atomic E-state index is 5.72. The fourth-order valence-electron chi connectivity index (χ4n) is 1.90. The first-order valence-corrected chi connectivity index (χ1v) is 5.59. The number of nitrogens with one attached hydrogen (secondary N) is 1. The monoisotopic (exact) mass is 209 g/mol. The van der Waals surface area contributed by atoms with Gasteiger partial charge in [-0.3, -0.25) is 0 Å². The molecule has 1 saturated heterocycles. The molecule has 1 aliphatic heterocycles. The number of hydrogen-bond acceptors (Lipinski definition) is 3. The summed E-state index contributed by atoms with van der Waals surface area (Å²) in [5.41, 5.74) is 1.19. The minimum absolute atomic E-state index is 0.167. The third kappa shape index (κ3) is 2.58. The molecule has 1 atom stereocenters. The average molecular weight is 209 g/mol. The minimum Gasteiger partial charge on any atom is -0.369 e. The van der Waals surface area contributed by atoms with Crippen LogP contribution in [-0.4, -0.2) is 29.2 Å². The van der Waals surface area contributed by atoms with E-state index in [2.05, 4.69) is 28.7 Å². The molecule has 2 heterocycles. The molecule has 1 unspecified atom stereocenters. The standard InChI is InChI=1S/C11H19N3O/c1-9(2)7-14-8-13-5-10(14)11-6-12-3-4-15-11/h5,8-9,11-12H,3-4,6-7H2,1-2H3. The van der Waals surface area contributed by atoms with Gasteiger partial charge in [-0.05, 0) is 5.92 Å². The number of rotatable bonds is 3. The highest BCUT2D eigenvalue weighted by Gasteiger charge is 2.19. The second kappa shape index (κ2) is 4.77. The van der Waals surface area contributed by atoms with E-state index in [1.54, 1.807) is 0 Å². The van der Waals surface area contributed by atoms with Gasteiger partial charge >= 0.3 is 0 Å². The zero-order valence-corrected chi connectivity index (χ0v) is 9.44. The van der Waals surface area contributed by atoms with Crippen LogP contribution in [0.2, 0.25) is 0 Å². The summed E-state index contributed by atoms with van der Waals surface area (Å²) < 4.78 is 7.92. The molecule has 0 aliphatic carbocycles. The summed E-state index contributed by atoms with van der Waals surface area (Å²) in [6, 6.07) is 0. The number of nitrogens with zero attached hydrogens (tertiary/aromatic N) is 2. The van der Waals surface area contributed by atoms with Gasteiger partial charge in [-0.15, -0.1) is 0 Å². The summed E-state index contributed by atoms with van der Waals surface area (Å²) in [5.74, 6) is 0.634. The Morgan fingerprint density at radius 1 is 1.67 bits per heavy atom. The van der Waals surface area contributed by atoms with Crippen LogP contribution in [0.25, 0.3) is 0 Å². The van der Waals surface area contributed by atoms with Gasteiger partial charge in [0.25, 0.3) is 0 Å². The lowest BCUT2D eigenvalue weighted by Crippen LogP contribution is -2.34. The van der Waals surface area contributed by atoms with Gasteiger partial charge in [0, 0.05) is 19.6 Å². The molecule has 0 spiro atoms. The van der Waals surface area contributed by atoms with Crippen LogP contribution in [0.3, 0.4) is 0 Å². The molecule has 1 aromatic heterocycles. The Morgan fingerprint density at radius 3 is 3.20 bits per heavy atom. The van der Waals surface area contributed by atoms with Crippen LogP contribution >= 0.6 is 0 Å². The second-order valence-corrected chi connectivity index (χ2v) is 4.43. The van der Waals surface area contributed by atoms with Crippen molar-refractivity contribution < 1.29 is 4.74 Å². The first-order valence-electron chi connectivity index (χ1n) is 5.59. The lowest BCUT2D eigenvalue weighted by atomic mass is 10.2. The fraction of sp³-hybridized carbons (Fsp3) is 0.727. The molecule has 15 heavy (non-hydrogen) atoms. The van der Waals surface area contributed by atoms with Gasteiger partial charge in [-0.25, -0.2) is 4.98 Å². The lowest BCUT2D eigenvalue weighted by Gasteiger charge is -2.24. The van der Waals surface area contributed by atoms with E-state index in [9.17, 15) is 0 Å². The van der Waals surface area contributed by atoms with Crippen molar-refractivity contribution >= 4 is 0 Å². The summed E-state index contributed by atoms with van der Waals surface area (Å²) in [5, 5.41) is 3.34. The fourth-order valence-corrected chi connectivity index (χ4v) is 1.90. The molecule has 1 fully saturated rings. The number of morpholine rings is 1. The van der Waals surface area contributed by atoms with E-state index in [4.69, 9.17) is 4.74 Å². The quantitative estimate of drug-likeness (QED) is 0.813. The molecule has 0 saturated carbocycles. The summed E-state index contributed by atoms with van der Waals surface area (Å²) in [6.45, 7) is 8.07. The van der Waals surface area contributed by atoms with Gasteiger partial charge in [-0.2, -0.15) is 0 Å². The molecule has 84 valence electrons. The Bertz CT molecular complexity index is 303. The smallest absolute Gasteiger partial charge is 0.111 e. The van der Waals surface area contributed by atoms with Crippen molar-refractivity contribution in [3.8, 4) is 0 Å². The lowest BCUT2D eigenvalue weighted by molar-refractivity contribution is 0.0225. The Balaban J connectivity index is 2.09. The maximum Gasteiger partial charge on any atom is 0.111 e. The third-order valence-corrected chi connectivity index (χ3v) is 2.56. The van der Waals surface area contributed by atoms with Crippen LogP contribution in [0.1, 0.15) is 25.6 Å². The Labute approximate surface area is 90.6 Å². The van der Waals surface area contributed by atoms with Crippen LogP contribution < -0.4 is 5.32 Å². The zero-order chi connectivity index (χ0) is 10.7. The molecule has 4 heteroatoms. The van der Waals surface area contributed by atoms with E-state index in [1.807, 2.05) is 12.5 Å². The Morgan fingerprint density at radius 2 is 2.53 bits per heavy atom. The van der Waals surface area contributed by atoms with Crippen LogP contribution in [0, 0.1) is 5.92 Å². The summed E-state index contributed by atoms with van der Waals surface area (Å²) in [4.78, 5) is 4.21. The van der Waals surface area contributed by atoms with Gasteiger partial charge < -0.3 is 14.6 Å². The third-order valence-electron chi connectivity index (χ3n) is 2.56.